The number of ether oxygens (including phenoxy) is 1. The highest BCUT2D eigenvalue weighted by molar-refractivity contribution is 6.35. The van der Waals surface area contributed by atoms with E-state index in [1.165, 1.54) is 23.1 Å². The molecule has 5 aromatic rings. The van der Waals surface area contributed by atoms with Crippen molar-refractivity contribution in [3.8, 4) is 11.5 Å². The number of rotatable bonds is 10. The van der Waals surface area contributed by atoms with Crippen LogP contribution in [0, 0.1) is 0 Å². The number of benzene rings is 3. The summed E-state index contributed by atoms with van der Waals surface area (Å²) in [5, 5.41) is 6.57. The summed E-state index contributed by atoms with van der Waals surface area (Å²) >= 11 is 6.61. The van der Waals surface area contributed by atoms with Crippen LogP contribution in [0.4, 0.5) is 15.9 Å². The summed E-state index contributed by atoms with van der Waals surface area (Å²) in [7, 11) is 0. The van der Waals surface area contributed by atoms with E-state index in [0.29, 0.717) is 77.4 Å². The van der Waals surface area contributed by atoms with Crippen LogP contribution in [0.2, 0.25) is 5.02 Å². The van der Waals surface area contributed by atoms with Crippen molar-refractivity contribution in [3.05, 3.63) is 107 Å². The van der Waals surface area contributed by atoms with E-state index in [-0.39, 0.29) is 28.7 Å². The average Bonchev–Trinajstić information content (AvgIpc) is 3.81. The van der Waals surface area contributed by atoms with E-state index in [9.17, 15) is 14.4 Å². The van der Waals surface area contributed by atoms with Gasteiger partial charge in [-0.25, -0.2) is 14.4 Å². The van der Waals surface area contributed by atoms with Gasteiger partial charge < -0.3 is 19.9 Å². The summed E-state index contributed by atoms with van der Waals surface area (Å²) in [6, 6.07) is 21.0. The molecule has 7 heterocycles. The zero-order chi connectivity index (χ0) is 39.5. The molecule has 58 heavy (non-hydrogen) atoms. The lowest BCUT2D eigenvalue weighted by Gasteiger charge is -2.55. The molecule has 13 nitrogen and oxygen atoms in total. The number of hydrogen-bond acceptors (Lipinski definition) is 11. The van der Waals surface area contributed by atoms with Gasteiger partial charge >= 0.3 is 0 Å². The third-order valence-electron chi connectivity index (χ3n) is 12.5. The van der Waals surface area contributed by atoms with Gasteiger partial charge in [-0.1, -0.05) is 35.9 Å². The maximum absolute atomic E-state index is 15.9. The highest BCUT2D eigenvalue weighted by Crippen LogP contribution is 2.36. The number of imide groups is 1. The molecule has 4 fully saturated rings. The molecule has 5 aliphatic heterocycles. The van der Waals surface area contributed by atoms with E-state index in [4.69, 9.17) is 16.3 Å². The second-order valence-corrected chi connectivity index (χ2v) is 16.5. The van der Waals surface area contributed by atoms with Crippen LogP contribution in [-0.2, 0) is 22.7 Å². The minimum absolute atomic E-state index is 0.185. The maximum atomic E-state index is 15.9. The zero-order valence-electron chi connectivity index (χ0n) is 31.7. The number of amides is 2. The van der Waals surface area contributed by atoms with E-state index < -0.39 is 12.2 Å². The topological polar surface area (TPSA) is 139 Å². The van der Waals surface area contributed by atoms with Crippen LogP contribution in [0.15, 0.2) is 79.3 Å². The third kappa shape index (κ3) is 6.97. The molecule has 3 aromatic carbocycles. The number of nitrogens with zero attached hydrogens (tertiary/aromatic N) is 6. The first-order chi connectivity index (χ1) is 28.2. The fraction of sp³-hybridized carbons (Fsp3) is 0.372. The highest BCUT2D eigenvalue weighted by atomic mass is 35.5. The molecule has 0 aliphatic carbocycles. The van der Waals surface area contributed by atoms with Gasteiger partial charge in [-0.15, -0.1) is 0 Å². The molecule has 15 heteroatoms. The summed E-state index contributed by atoms with van der Waals surface area (Å²) in [4.78, 5) is 59.2. The molecule has 0 saturated carbocycles. The van der Waals surface area contributed by atoms with Crippen molar-refractivity contribution in [2.45, 2.75) is 62.7 Å². The number of hydrogen-bond donors (Lipinski definition) is 3. The summed E-state index contributed by atoms with van der Waals surface area (Å²) in [5.41, 5.74) is 4.83. The minimum Gasteiger partial charge on any atom is -0.457 e. The van der Waals surface area contributed by atoms with Gasteiger partial charge in [0.25, 0.3) is 0 Å². The largest absolute Gasteiger partial charge is 0.457 e. The number of carbonyl (C=O) groups is 3. The van der Waals surface area contributed by atoms with Gasteiger partial charge in [-0.05, 0) is 60.4 Å². The summed E-state index contributed by atoms with van der Waals surface area (Å²) in [6.45, 7) is 6.31. The summed E-state index contributed by atoms with van der Waals surface area (Å²) < 4.78 is 21.8. The number of ketones is 1. The molecule has 0 bridgehead atoms. The van der Waals surface area contributed by atoms with E-state index in [1.54, 1.807) is 24.4 Å². The number of aromatic amines is 1. The Bertz CT molecular complexity index is 2400. The summed E-state index contributed by atoms with van der Waals surface area (Å²) in [5.74, 6) is 0.908. The molecule has 2 amide bonds. The molecule has 3 atom stereocenters. The molecule has 298 valence electrons. The van der Waals surface area contributed by atoms with Crippen molar-refractivity contribution in [2.24, 2.45) is 0 Å². The Kier molecular flexibility index (Phi) is 9.59. The molecule has 4 saturated heterocycles. The van der Waals surface area contributed by atoms with Gasteiger partial charge in [-0.2, -0.15) is 0 Å². The number of anilines is 2. The second-order valence-electron chi connectivity index (χ2n) is 16.1. The fourth-order valence-electron chi connectivity index (χ4n) is 9.13. The monoisotopic (exact) mass is 803 g/mol. The van der Waals surface area contributed by atoms with Gasteiger partial charge in [0, 0.05) is 94.4 Å². The molecular formula is C43H43ClFN9O4. The quantitative estimate of drug-likeness (QED) is 0.128. The zero-order valence-corrected chi connectivity index (χ0v) is 32.5. The lowest BCUT2D eigenvalue weighted by molar-refractivity contribution is -0.137. The van der Waals surface area contributed by atoms with E-state index >= 15 is 4.39 Å². The Balaban J connectivity index is 0.718. The Labute approximate surface area is 339 Å². The Morgan fingerprint density at radius 3 is 2.45 bits per heavy atom. The molecule has 10 rings (SSSR count). The average molecular weight is 804 g/mol. The molecule has 1 unspecified atom stereocenters. The number of likely N-dealkylation sites (tertiary alicyclic amines) is 2. The fourth-order valence-corrected chi connectivity index (χ4v) is 9.39. The van der Waals surface area contributed by atoms with Crippen molar-refractivity contribution >= 4 is 51.7 Å². The predicted molar refractivity (Wildman–Crippen MR) is 217 cm³/mol. The number of fused-ring (bicyclic) bond motifs is 2. The standard InChI is InChI=1S/C43H43ClFN9O4/c44-34-15-31(58-30-4-2-1-3-5-30)8-9-32(34)40(56)33-16-46-41-39(33)42(48-24-47-41)49-36-12-13-51(23-35(36)45)28-19-53(20-28)29-21-52(22-29)27-7-6-25-17-54(18-26(25)14-27)37-10-11-38(55)50-43(37)57/h1-9,14-16,24,28-29,35-37H,10-13,17-23H2,(H,50,55,57)(H2,46,47,48,49)/t35-,36-,37?/m1/s1. The lowest BCUT2D eigenvalue weighted by Crippen LogP contribution is -2.71. The van der Waals surface area contributed by atoms with Crippen LogP contribution < -0.4 is 20.3 Å². The van der Waals surface area contributed by atoms with E-state index in [1.807, 2.05) is 30.3 Å². The van der Waals surface area contributed by atoms with Crippen molar-refractivity contribution < 1.29 is 23.5 Å². The first-order valence-corrected chi connectivity index (χ1v) is 20.3. The van der Waals surface area contributed by atoms with Crippen molar-refractivity contribution in [1.82, 2.24) is 35.0 Å². The first kappa shape index (κ1) is 36.9. The van der Waals surface area contributed by atoms with Crippen LogP contribution in [-0.4, -0.2) is 117 Å². The molecule has 0 spiro atoms. The Hall–Kier alpha value is -5.41. The van der Waals surface area contributed by atoms with Crippen molar-refractivity contribution in [3.63, 3.8) is 0 Å². The summed E-state index contributed by atoms with van der Waals surface area (Å²) in [6.07, 6.45) is 3.44. The maximum Gasteiger partial charge on any atom is 0.243 e. The SMILES string of the molecule is O=C1CCC(N2Cc3ccc(N4CC(N5CC(N6CC[C@@H](Nc7ncnc8[nH]cc(C(=O)c9ccc(Oc%10ccccc%10)cc9Cl)c78)[C@H](F)C6)C5)C4)cc3C2)C(=O)N1. The molecule has 3 N–H and O–H groups in total. The van der Waals surface area contributed by atoms with Gasteiger partial charge in [-0.3, -0.25) is 34.4 Å². The van der Waals surface area contributed by atoms with Gasteiger partial charge in [0.1, 0.15) is 35.5 Å². The van der Waals surface area contributed by atoms with E-state index in [0.717, 1.165) is 45.8 Å². The Morgan fingerprint density at radius 1 is 0.845 bits per heavy atom. The van der Waals surface area contributed by atoms with Crippen molar-refractivity contribution in [1.29, 1.82) is 0 Å². The van der Waals surface area contributed by atoms with Crippen LogP contribution in [0.1, 0.15) is 46.3 Å². The number of para-hydroxylation sites is 1. The number of aromatic nitrogens is 3. The Morgan fingerprint density at radius 2 is 1.66 bits per heavy atom. The van der Waals surface area contributed by atoms with Crippen LogP contribution >= 0.6 is 11.6 Å². The lowest BCUT2D eigenvalue weighted by atomic mass is 9.94. The normalized spacial score (nSPS) is 23.3. The number of halogens is 2. The number of H-pyrrole nitrogens is 1. The van der Waals surface area contributed by atoms with Gasteiger partial charge in [0.2, 0.25) is 11.8 Å². The third-order valence-corrected chi connectivity index (χ3v) is 12.8. The van der Waals surface area contributed by atoms with Crippen LogP contribution in [0.3, 0.4) is 0 Å². The smallest absolute Gasteiger partial charge is 0.243 e. The van der Waals surface area contributed by atoms with Crippen LogP contribution in [0.25, 0.3) is 11.0 Å². The number of nitrogens with one attached hydrogen (secondary N) is 3. The predicted octanol–water partition coefficient (Wildman–Crippen LogP) is 5.15. The van der Waals surface area contributed by atoms with Crippen LogP contribution in [0.5, 0.6) is 11.5 Å². The van der Waals surface area contributed by atoms with Gasteiger partial charge in [0.15, 0.2) is 5.78 Å². The molecular weight excluding hydrogens is 761 g/mol. The number of alkyl halides is 1. The minimum atomic E-state index is -1.12. The first-order valence-electron chi connectivity index (χ1n) is 20.0. The highest BCUT2D eigenvalue weighted by Gasteiger charge is 2.44. The van der Waals surface area contributed by atoms with Crippen molar-refractivity contribution in [2.75, 3.05) is 49.5 Å². The molecule has 5 aliphatic rings. The van der Waals surface area contributed by atoms with Gasteiger partial charge in [0.05, 0.1) is 28.1 Å². The second kappa shape index (κ2) is 15.1. The number of piperidine rings is 2. The molecule has 2 aromatic heterocycles. The van der Waals surface area contributed by atoms with E-state index in [2.05, 4.69) is 63.4 Å². The molecule has 0 radical (unpaired) electrons. The number of carbonyl (C=O) groups excluding carboxylic acids is 3.